The molecule has 3 rings (SSSR count). The van der Waals surface area contributed by atoms with Crippen LogP contribution >= 0.6 is 11.6 Å². The molecule has 90 valence electrons. The van der Waals surface area contributed by atoms with E-state index in [1.165, 1.54) is 0 Å². The number of nitrogens with zero attached hydrogens (tertiary/aromatic N) is 1. The first-order valence-corrected chi connectivity index (χ1v) is 6.22. The molecule has 0 saturated carbocycles. The van der Waals surface area contributed by atoms with Gasteiger partial charge in [-0.25, -0.2) is 0 Å². The van der Waals surface area contributed by atoms with E-state index < -0.39 is 0 Å². The second-order valence-corrected chi connectivity index (χ2v) is 4.74. The van der Waals surface area contributed by atoms with Crippen molar-refractivity contribution in [3.8, 4) is 0 Å². The van der Waals surface area contributed by atoms with E-state index in [4.69, 9.17) is 16.0 Å². The van der Waals surface area contributed by atoms with E-state index in [0.29, 0.717) is 17.1 Å². The van der Waals surface area contributed by atoms with Crippen molar-refractivity contribution in [3.63, 3.8) is 0 Å². The second-order valence-electron chi connectivity index (χ2n) is 4.30. The van der Waals surface area contributed by atoms with Gasteiger partial charge in [-0.3, -0.25) is 0 Å². The van der Waals surface area contributed by atoms with Gasteiger partial charge in [0.25, 0.3) is 6.01 Å². The summed E-state index contributed by atoms with van der Waals surface area (Å²) in [5.74, 6) is 0. The van der Waals surface area contributed by atoms with Crippen LogP contribution < -0.4 is 10.6 Å². The number of fused-ring (bicyclic) bond motifs is 1. The molecular formula is C12H14ClN3O. The minimum Gasteiger partial charge on any atom is -0.423 e. The highest BCUT2D eigenvalue weighted by Crippen LogP contribution is 2.23. The predicted molar refractivity (Wildman–Crippen MR) is 68.5 cm³/mol. The van der Waals surface area contributed by atoms with Gasteiger partial charge in [0.2, 0.25) is 0 Å². The molecule has 17 heavy (non-hydrogen) atoms. The number of hydrogen-bond acceptors (Lipinski definition) is 4. The standard InChI is InChI=1S/C12H14ClN3O/c13-8-1-2-10-11(7-8)17-12(16-10)15-9-3-5-14-6-4-9/h1-2,7,9,14H,3-6H2,(H,15,16). The fourth-order valence-corrected chi connectivity index (χ4v) is 2.26. The van der Waals surface area contributed by atoms with Crippen molar-refractivity contribution < 1.29 is 4.42 Å². The maximum Gasteiger partial charge on any atom is 0.295 e. The normalized spacial score (nSPS) is 17.5. The average Bonchev–Trinajstić information content (AvgIpc) is 2.71. The zero-order valence-corrected chi connectivity index (χ0v) is 10.1. The quantitative estimate of drug-likeness (QED) is 0.862. The van der Waals surface area contributed by atoms with E-state index in [2.05, 4.69) is 15.6 Å². The van der Waals surface area contributed by atoms with Gasteiger partial charge in [-0.15, -0.1) is 0 Å². The highest BCUT2D eigenvalue weighted by Gasteiger charge is 2.15. The topological polar surface area (TPSA) is 50.1 Å². The lowest BCUT2D eigenvalue weighted by Gasteiger charge is -2.22. The average molecular weight is 252 g/mol. The maximum absolute atomic E-state index is 5.90. The van der Waals surface area contributed by atoms with E-state index in [0.717, 1.165) is 37.0 Å². The predicted octanol–water partition coefficient (Wildman–Crippen LogP) is 2.65. The number of benzene rings is 1. The Labute approximate surface area is 104 Å². The van der Waals surface area contributed by atoms with Crippen LogP contribution in [0.5, 0.6) is 0 Å². The van der Waals surface area contributed by atoms with E-state index in [9.17, 15) is 0 Å². The van der Waals surface area contributed by atoms with Crippen molar-refractivity contribution >= 4 is 28.7 Å². The first-order chi connectivity index (χ1) is 8.31. The fourth-order valence-electron chi connectivity index (χ4n) is 2.10. The summed E-state index contributed by atoms with van der Waals surface area (Å²) in [5, 5.41) is 7.32. The summed E-state index contributed by atoms with van der Waals surface area (Å²) in [6.07, 6.45) is 2.19. The highest BCUT2D eigenvalue weighted by molar-refractivity contribution is 6.31. The van der Waals surface area contributed by atoms with Gasteiger partial charge >= 0.3 is 0 Å². The van der Waals surface area contributed by atoms with Crippen LogP contribution in [0.25, 0.3) is 11.1 Å². The minimum absolute atomic E-state index is 0.444. The van der Waals surface area contributed by atoms with Crippen LogP contribution in [-0.4, -0.2) is 24.1 Å². The van der Waals surface area contributed by atoms with Crippen molar-refractivity contribution in [2.45, 2.75) is 18.9 Å². The van der Waals surface area contributed by atoms with Gasteiger partial charge in [0.05, 0.1) is 0 Å². The molecule has 1 saturated heterocycles. The smallest absolute Gasteiger partial charge is 0.295 e. The van der Waals surface area contributed by atoms with Crippen LogP contribution in [0.1, 0.15) is 12.8 Å². The summed E-state index contributed by atoms with van der Waals surface area (Å²) < 4.78 is 5.62. The van der Waals surface area contributed by atoms with E-state index in [-0.39, 0.29) is 0 Å². The molecule has 0 amide bonds. The van der Waals surface area contributed by atoms with Crippen LogP contribution in [0.2, 0.25) is 5.02 Å². The molecule has 0 spiro atoms. The van der Waals surface area contributed by atoms with Crippen molar-refractivity contribution in [3.05, 3.63) is 23.2 Å². The Kier molecular flexibility index (Phi) is 2.91. The van der Waals surface area contributed by atoms with Gasteiger partial charge in [-0.2, -0.15) is 4.98 Å². The van der Waals surface area contributed by atoms with Gasteiger partial charge in [0.15, 0.2) is 5.58 Å². The SMILES string of the molecule is Clc1ccc2nc(NC3CCNCC3)oc2c1. The molecule has 1 aromatic carbocycles. The van der Waals surface area contributed by atoms with Gasteiger partial charge in [-0.05, 0) is 38.1 Å². The molecule has 1 aromatic heterocycles. The summed E-state index contributed by atoms with van der Waals surface area (Å²) in [6.45, 7) is 2.09. The zero-order chi connectivity index (χ0) is 11.7. The molecule has 4 nitrogen and oxygen atoms in total. The monoisotopic (exact) mass is 251 g/mol. The number of anilines is 1. The van der Waals surface area contributed by atoms with Crippen molar-refractivity contribution in [1.29, 1.82) is 0 Å². The van der Waals surface area contributed by atoms with Gasteiger partial charge < -0.3 is 15.1 Å². The molecule has 0 bridgehead atoms. The summed E-state index contributed by atoms with van der Waals surface area (Å²) in [5.41, 5.74) is 1.57. The lowest BCUT2D eigenvalue weighted by atomic mass is 10.1. The van der Waals surface area contributed by atoms with E-state index in [1.807, 2.05) is 12.1 Å². The number of oxazole rings is 1. The van der Waals surface area contributed by atoms with Crippen molar-refractivity contribution in [2.24, 2.45) is 0 Å². The number of rotatable bonds is 2. The number of hydrogen-bond donors (Lipinski definition) is 2. The number of halogens is 1. The van der Waals surface area contributed by atoms with Crippen molar-refractivity contribution in [1.82, 2.24) is 10.3 Å². The van der Waals surface area contributed by atoms with Gasteiger partial charge in [0, 0.05) is 17.1 Å². The fraction of sp³-hybridized carbons (Fsp3) is 0.417. The van der Waals surface area contributed by atoms with Gasteiger partial charge in [0.1, 0.15) is 5.52 Å². The molecule has 0 unspecified atom stereocenters. The Morgan fingerprint density at radius 3 is 3.00 bits per heavy atom. The molecule has 0 aliphatic carbocycles. The lowest BCUT2D eigenvalue weighted by molar-refractivity contribution is 0.466. The molecule has 1 fully saturated rings. The molecular weight excluding hydrogens is 238 g/mol. The number of piperidine rings is 1. The largest absolute Gasteiger partial charge is 0.423 e. The Morgan fingerprint density at radius 1 is 1.35 bits per heavy atom. The van der Waals surface area contributed by atoms with E-state index >= 15 is 0 Å². The third-order valence-electron chi connectivity index (χ3n) is 3.02. The lowest BCUT2D eigenvalue weighted by Crippen LogP contribution is -2.35. The first kappa shape index (κ1) is 10.9. The highest BCUT2D eigenvalue weighted by atomic mass is 35.5. The zero-order valence-electron chi connectivity index (χ0n) is 9.37. The molecule has 5 heteroatoms. The van der Waals surface area contributed by atoms with Crippen LogP contribution in [0.4, 0.5) is 6.01 Å². The van der Waals surface area contributed by atoms with Crippen LogP contribution in [0.15, 0.2) is 22.6 Å². The third-order valence-corrected chi connectivity index (χ3v) is 3.25. The number of aromatic nitrogens is 1. The molecule has 0 radical (unpaired) electrons. The first-order valence-electron chi connectivity index (χ1n) is 5.84. The second kappa shape index (κ2) is 4.55. The third kappa shape index (κ3) is 2.37. The van der Waals surface area contributed by atoms with Crippen LogP contribution in [0.3, 0.4) is 0 Å². The number of nitrogens with one attached hydrogen (secondary N) is 2. The maximum atomic E-state index is 5.90. The van der Waals surface area contributed by atoms with Crippen LogP contribution in [0, 0.1) is 0 Å². The Bertz CT molecular complexity index is 519. The Hall–Kier alpha value is -1.26. The summed E-state index contributed by atoms with van der Waals surface area (Å²) in [7, 11) is 0. The summed E-state index contributed by atoms with van der Waals surface area (Å²) >= 11 is 5.90. The van der Waals surface area contributed by atoms with Crippen LogP contribution in [-0.2, 0) is 0 Å². The van der Waals surface area contributed by atoms with Gasteiger partial charge in [-0.1, -0.05) is 11.6 Å². The molecule has 2 aromatic rings. The summed E-state index contributed by atoms with van der Waals surface area (Å²) in [4.78, 5) is 4.39. The van der Waals surface area contributed by atoms with E-state index in [1.54, 1.807) is 6.07 Å². The molecule has 1 aliphatic rings. The molecule has 1 aliphatic heterocycles. The van der Waals surface area contributed by atoms with Crippen molar-refractivity contribution in [2.75, 3.05) is 18.4 Å². The molecule has 2 N–H and O–H groups in total. The Balaban J connectivity index is 1.80. The Morgan fingerprint density at radius 2 is 2.18 bits per heavy atom. The molecule has 0 atom stereocenters. The summed E-state index contributed by atoms with van der Waals surface area (Å²) in [6, 6.07) is 6.52. The molecule has 2 heterocycles. The minimum atomic E-state index is 0.444.